The van der Waals surface area contributed by atoms with Gasteiger partial charge in [-0.1, -0.05) is 0 Å². The summed E-state index contributed by atoms with van der Waals surface area (Å²) >= 11 is 0. The van der Waals surface area contributed by atoms with Gasteiger partial charge in [-0.05, 0) is 26.7 Å². The summed E-state index contributed by atoms with van der Waals surface area (Å²) in [5.41, 5.74) is 6.13. The lowest BCUT2D eigenvalue weighted by Crippen LogP contribution is -2.43. The summed E-state index contributed by atoms with van der Waals surface area (Å²) in [4.78, 5) is 11.4. The predicted molar refractivity (Wildman–Crippen MR) is 64.2 cm³/mol. The van der Waals surface area contributed by atoms with Crippen molar-refractivity contribution in [1.29, 1.82) is 0 Å². The second kappa shape index (κ2) is 4.36. The molecule has 1 aliphatic heterocycles. The van der Waals surface area contributed by atoms with Gasteiger partial charge in [0.15, 0.2) is 0 Å². The summed E-state index contributed by atoms with van der Waals surface area (Å²) in [6.45, 7) is 3.58. The quantitative estimate of drug-likeness (QED) is 0.784. The minimum atomic E-state index is -3.71. The maximum atomic E-state index is 12.5. The molecule has 0 aliphatic carbocycles. The first-order valence-electron chi connectivity index (χ1n) is 5.68. The number of aromatic amines is 1. The second-order valence-corrected chi connectivity index (χ2v) is 6.27. The molecule has 8 heteroatoms. The number of sulfonamides is 1. The number of rotatable bonds is 3. The van der Waals surface area contributed by atoms with Crippen molar-refractivity contribution in [2.24, 2.45) is 5.73 Å². The molecule has 1 aliphatic rings. The van der Waals surface area contributed by atoms with Crippen molar-refractivity contribution in [1.82, 2.24) is 14.5 Å². The summed E-state index contributed by atoms with van der Waals surface area (Å²) in [5.74, 6) is -0.602. The first-order valence-corrected chi connectivity index (χ1v) is 7.12. The van der Waals surface area contributed by atoms with Crippen molar-refractivity contribution in [3.05, 3.63) is 11.4 Å². The van der Waals surface area contributed by atoms with Gasteiger partial charge in [-0.15, -0.1) is 0 Å². The number of carbonyl (C=O) groups excluding carboxylic acids is 1. The molecule has 0 spiro atoms. The Labute approximate surface area is 105 Å². The number of H-pyrrole nitrogens is 1. The highest BCUT2D eigenvalue weighted by molar-refractivity contribution is 7.89. The van der Waals surface area contributed by atoms with Crippen LogP contribution >= 0.6 is 0 Å². The fourth-order valence-corrected chi connectivity index (χ4v) is 4.35. The number of aromatic nitrogens is 2. The summed E-state index contributed by atoms with van der Waals surface area (Å²) < 4.78 is 26.2. The van der Waals surface area contributed by atoms with E-state index in [-0.39, 0.29) is 4.90 Å². The minimum Gasteiger partial charge on any atom is -0.368 e. The number of hydrogen-bond acceptors (Lipinski definition) is 4. The smallest absolute Gasteiger partial charge is 0.247 e. The van der Waals surface area contributed by atoms with Gasteiger partial charge in [0.1, 0.15) is 10.9 Å². The van der Waals surface area contributed by atoms with E-state index in [2.05, 4.69) is 10.2 Å². The van der Waals surface area contributed by atoms with E-state index < -0.39 is 22.0 Å². The Hall–Kier alpha value is -1.41. The van der Waals surface area contributed by atoms with Gasteiger partial charge in [0, 0.05) is 6.54 Å². The fourth-order valence-electron chi connectivity index (χ4n) is 2.35. The Morgan fingerprint density at radius 3 is 2.67 bits per heavy atom. The Morgan fingerprint density at radius 2 is 2.17 bits per heavy atom. The van der Waals surface area contributed by atoms with Crippen molar-refractivity contribution in [3.63, 3.8) is 0 Å². The summed E-state index contributed by atoms with van der Waals surface area (Å²) in [6.07, 6.45) is 1.12. The summed E-state index contributed by atoms with van der Waals surface area (Å²) in [7, 11) is -3.71. The molecule has 1 aromatic heterocycles. The Kier molecular flexibility index (Phi) is 3.16. The van der Waals surface area contributed by atoms with Crippen LogP contribution in [-0.2, 0) is 14.8 Å². The molecule has 0 radical (unpaired) electrons. The van der Waals surface area contributed by atoms with Gasteiger partial charge < -0.3 is 5.73 Å². The van der Waals surface area contributed by atoms with E-state index in [9.17, 15) is 13.2 Å². The molecule has 3 N–H and O–H groups in total. The Morgan fingerprint density at radius 1 is 1.50 bits per heavy atom. The molecule has 100 valence electrons. The molecule has 1 fully saturated rings. The van der Waals surface area contributed by atoms with Crippen LogP contribution in [0.25, 0.3) is 0 Å². The highest BCUT2D eigenvalue weighted by Gasteiger charge is 2.40. The average molecular weight is 272 g/mol. The number of nitrogens with zero attached hydrogens (tertiary/aromatic N) is 2. The van der Waals surface area contributed by atoms with Crippen LogP contribution in [0.3, 0.4) is 0 Å². The molecule has 0 saturated carbocycles. The highest BCUT2D eigenvalue weighted by Crippen LogP contribution is 2.28. The standard InChI is InChI=1S/C10H16N4O3S/c1-6-9(7(2)13-12-6)18(16,17)14-5-3-4-8(14)10(11)15/h8H,3-5H2,1-2H3,(H2,11,15)(H,12,13)/t8-/m0/s1. The number of primary amides is 1. The molecule has 2 heterocycles. The molecule has 7 nitrogen and oxygen atoms in total. The van der Waals surface area contributed by atoms with Gasteiger partial charge >= 0.3 is 0 Å². The van der Waals surface area contributed by atoms with Gasteiger partial charge in [0.2, 0.25) is 15.9 Å². The van der Waals surface area contributed by atoms with Crippen LogP contribution in [0.5, 0.6) is 0 Å². The highest BCUT2D eigenvalue weighted by atomic mass is 32.2. The van der Waals surface area contributed by atoms with Crippen LogP contribution in [-0.4, -0.2) is 41.4 Å². The molecule has 2 rings (SSSR count). The molecule has 1 atom stereocenters. The van der Waals surface area contributed by atoms with E-state index in [0.717, 1.165) is 0 Å². The monoisotopic (exact) mass is 272 g/mol. The van der Waals surface area contributed by atoms with Gasteiger partial charge in [-0.25, -0.2) is 8.42 Å². The largest absolute Gasteiger partial charge is 0.368 e. The zero-order valence-corrected chi connectivity index (χ0v) is 11.1. The predicted octanol–water partition coefficient (Wildman–Crippen LogP) is -0.335. The number of nitrogens with one attached hydrogen (secondary N) is 1. The van der Waals surface area contributed by atoms with E-state index in [4.69, 9.17) is 5.73 Å². The van der Waals surface area contributed by atoms with E-state index >= 15 is 0 Å². The molecule has 1 saturated heterocycles. The van der Waals surface area contributed by atoms with E-state index in [0.29, 0.717) is 30.8 Å². The molecule has 0 unspecified atom stereocenters. The molecular formula is C10H16N4O3S. The molecule has 1 amide bonds. The number of carbonyl (C=O) groups is 1. The number of nitrogens with two attached hydrogens (primary N) is 1. The van der Waals surface area contributed by atoms with E-state index in [1.807, 2.05) is 0 Å². The third-order valence-corrected chi connectivity index (χ3v) is 5.33. The van der Waals surface area contributed by atoms with Crippen molar-refractivity contribution >= 4 is 15.9 Å². The summed E-state index contributed by atoms with van der Waals surface area (Å²) in [5, 5.41) is 6.52. The molecule has 0 bridgehead atoms. The normalized spacial score (nSPS) is 21.3. The maximum absolute atomic E-state index is 12.5. The molecular weight excluding hydrogens is 256 g/mol. The molecule has 18 heavy (non-hydrogen) atoms. The number of hydrogen-bond donors (Lipinski definition) is 2. The van der Waals surface area contributed by atoms with Crippen molar-refractivity contribution in [3.8, 4) is 0 Å². The van der Waals surface area contributed by atoms with Crippen LogP contribution in [0.2, 0.25) is 0 Å². The van der Waals surface area contributed by atoms with Crippen LogP contribution < -0.4 is 5.73 Å². The Balaban J connectivity index is 2.46. The van der Waals surface area contributed by atoms with Gasteiger partial charge in [-0.2, -0.15) is 9.40 Å². The second-order valence-electron chi connectivity index (χ2n) is 4.44. The zero-order chi connectivity index (χ0) is 13.5. The number of aryl methyl sites for hydroxylation is 2. The van der Waals surface area contributed by atoms with Gasteiger partial charge in [0.25, 0.3) is 0 Å². The van der Waals surface area contributed by atoms with Crippen LogP contribution in [0.1, 0.15) is 24.2 Å². The van der Waals surface area contributed by atoms with Gasteiger partial charge in [0.05, 0.1) is 11.4 Å². The minimum absolute atomic E-state index is 0.149. The SMILES string of the molecule is Cc1n[nH]c(C)c1S(=O)(=O)N1CCC[C@H]1C(N)=O. The first-order chi connectivity index (χ1) is 8.35. The lowest BCUT2D eigenvalue weighted by Gasteiger charge is -2.21. The zero-order valence-electron chi connectivity index (χ0n) is 10.3. The van der Waals surface area contributed by atoms with Crippen LogP contribution in [0.15, 0.2) is 4.90 Å². The lowest BCUT2D eigenvalue weighted by atomic mass is 10.2. The van der Waals surface area contributed by atoms with Crippen LogP contribution in [0.4, 0.5) is 0 Å². The van der Waals surface area contributed by atoms with Crippen LogP contribution in [0, 0.1) is 13.8 Å². The van der Waals surface area contributed by atoms with Crippen molar-refractivity contribution in [2.75, 3.05) is 6.54 Å². The average Bonchev–Trinajstić information content (AvgIpc) is 2.85. The van der Waals surface area contributed by atoms with E-state index in [1.54, 1.807) is 13.8 Å². The molecule has 0 aromatic carbocycles. The third kappa shape index (κ3) is 1.91. The third-order valence-electron chi connectivity index (χ3n) is 3.16. The fraction of sp³-hybridized carbons (Fsp3) is 0.600. The van der Waals surface area contributed by atoms with Crippen molar-refractivity contribution < 1.29 is 13.2 Å². The van der Waals surface area contributed by atoms with Gasteiger partial charge in [-0.3, -0.25) is 9.89 Å². The Bertz CT molecular complexity index is 558. The summed E-state index contributed by atoms with van der Waals surface area (Å²) in [6, 6.07) is -0.747. The lowest BCUT2D eigenvalue weighted by molar-refractivity contribution is -0.121. The number of amides is 1. The first kappa shape index (κ1) is 13.0. The van der Waals surface area contributed by atoms with E-state index in [1.165, 1.54) is 4.31 Å². The maximum Gasteiger partial charge on any atom is 0.247 e. The van der Waals surface area contributed by atoms with Crippen molar-refractivity contribution in [2.45, 2.75) is 37.6 Å². The topological polar surface area (TPSA) is 109 Å². The molecule has 1 aromatic rings.